The van der Waals surface area contributed by atoms with Gasteiger partial charge in [0, 0.05) is 11.6 Å². The zero-order chi connectivity index (χ0) is 15.4. The lowest BCUT2D eigenvalue weighted by Crippen LogP contribution is -2.30. The van der Waals surface area contributed by atoms with Gasteiger partial charge in [0.25, 0.3) is 0 Å². The van der Waals surface area contributed by atoms with E-state index in [1.165, 1.54) is 12.1 Å². The van der Waals surface area contributed by atoms with Gasteiger partial charge in [0.2, 0.25) is 0 Å². The molecule has 0 spiro atoms. The number of rotatable bonds is 4. The van der Waals surface area contributed by atoms with E-state index in [2.05, 4.69) is 0 Å². The summed E-state index contributed by atoms with van der Waals surface area (Å²) in [5.74, 6) is 4.59. The van der Waals surface area contributed by atoms with Gasteiger partial charge in [-0.15, -0.1) is 0 Å². The lowest BCUT2D eigenvalue weighted by molar-refractivity contribution is 0.0921. The van der Waals surface area contributed by atoms with Gasteiger partial charge >= 0.3 is 5.91 Å². The molecule has 3 N–H and O–H groups in total. The molecule has 0 saturated carbocycles. The quantitative estimate of drug-likeness (QED) is 0.507. The van der Waals surface area contributed by atoms with Crippen molar-refractivity contribution in [2.75, 3.05) is 0 Å². The summed E-state index contributed by atoms with van der Waals surface area (Å²) in [4.78, 5) is 11.4. The molecule has 0 radical (unpaired) electrons. The highest BCUT2D eigenvalue weighted by Gasteiger charge is 2.15. The Morgan fingerprint density at radius 2 is 2.29 bits per heavy atom. The van der Waals surface area contributed by atoms with Crippen LogP contribution in [0, 0.1) is 24.1 Å². The van der Waals surface area contributed by atoms with Crippen LogP contribution < -0.4 is 16.0 Å². The summed E-state index contributed by atoms with van der Waals surface area (Å²) in [6, 6.07) is 7.26. The number of nitrogen functional groups attached to an aromatic ring is 1. The molecule has 1 aromatic carbocycles. The predicted octanol–water partition coefficient (Wildman–Crippen LogP) is 1.78. The third-order valence-electron chi connectivity index (χ3n) is 2.75. The number of hydrogen-bond acceptors (Lipinski definition) is 5. The summed E-state index contributed by atoms with van der Waals surface area (Å²) in [5, 5.41) is 8.63. The fourth-order valence-corrected chi connectivity index (χ4v) is 1.74. The van der Waals surface area contributed by atoms with E-state index in [-0.39, 0.29) is 23.7 Å². The van der Waals surface area contributed by atoms with Crippen molar-refractivity contribution >= 4 is 5.91 Å². The van der Waals surface area contributed by atoms with Crippen LogP contribution in [0.4, 0.5) is 4.39 Å². The molecule has 7 heteroatoms. The number of carbonyl (C=O) groups is 1. The van der Waals surface area contributed by atoms with Crippen LogP contribution in [0.3, 0.4) is 0 Å². The number of halogens is 1. The van der Waals surface area contributed by atoms with Crippen molar-refractivity contribution in [2.45, 2.75) is 13.5 Å². The number of hydrazine groups is 1. The van der Waals surface area contributed by atoms with E-state index < -0.39 is 11.7 Å². The molecular formula is C14H12FN3O3. The van der Waals surface area contributed by atoms with Crippen LogP contribution in [-0.4, -0.2) is 5.91 Å². The van der Waals surface area contributed by atoms with Gasteiger partial charge in [-0.2, -0.15) is 5.26 Å². The number of ether oxygens (including phenoxy) is 1. The molecular weight excluding hydrogens is 277 g/mol. The number of hydrogen-bond donors (Lipinski definition) is 2. The van der Waals surface area contributed by atoms with Crippen LogP contribution in [-0.2, 0) is 6.61 Å². The highest BCUT2D eigenvalue weighted by atomic mass is 19.1. The Bertz CT molecular complexity index is 719. The molecule has 6 nitrogen and oxygen atoms in total. The Labute approximate surface area is 119 Å². The van der Waals surface area contributed by atoms with Gasteiger partial charge in [0.15, 0.2) is 5.76 Å². The minimum absolute atomic E-state index is 0.0179. The Hall–Kier alpha value is -2.85. The van der Waals surface area contributed by atoms with Crippen molar-refractivity contribution in [2.24, 2.45) is 5.84 Å². The van der Waals surface area contributed by atoms with Crippen LogP contribution in [0.5, 0.6) is 5.75 Å². The molecule has 2 rings (SSSR count). The summed E-state index contributed by atoms with van der Waals surface area (Å²) in [6.45, 7) is 1.71. The van der Waals surface area contributed by atoms with E-state index in [4.69, 9.17) is 20.3 Å². The molecule has 1 aromatic heterocycles. The van der Waals surface area contributed by atoms with Crippen LogP contribution in [0.25, 0.3) is 0 Å². The number of aryl methyl sites for hydroxylation is 1. The van der Waals surface area contributed by atoms with Gasteiger partial charge in [-0.3, -0.25) is 10.2 Å². The molecule has 0 bridgehead atoms. The Morgan fingerprint density at radius 1 is 1.52 bits per heavy atom. The molecule has 1 heterocycles. The van der Waals surface area contributed by atoms with Crippen LogP contribution in [0.15, 0.2) is 28.7 Å². The SMILES string of the molecule is Cc1cc(COc2ccc(C#N)c(F)c2)oc1C(=O)NN. The van der Waals surface area contributed by atoms with Crippen molar-refractivity contribution in [3.8, 4) is 11.8 Å². The highest BCUT2D eigenvalue weighted by molar-refractivity contribution is 5.92. The Balaban J connectivity index is 2.08. The molecule has 0 aliphatic heterocycles. The number of furan rings is 1. The van der Waals surface area contributed by atoms with Crippen molar-refractivity contribution in [3.63, 3.8) is 0 Å². The average Bonchev–Trinajstić information content (AvgIpc) is 2.85. The third kappa shape index (κ3) is 3.19. The van der Waals surface area contributed by atoms with Gasteiger partial charge in [-0.05, 0) is 25.1 Å². The Kier molecular flexibility index (Phi) is 4.21. The van der Waals surface area contributed by atoms with Crippen molar-refractivity contribution in [3.05, 3.63) is 52.7 Å². The Morgan fingerprint density at radius 3 is 2.90 bits per heavy atom. The minimum atomic E-state index is -0.658. The molecule has 0 saturated heterocycles. The molecule has 21 heavy (non-hydrogen) atoms. The zero-order valence-electron chi connectivity index (χ0n) is 11.1. The zero-order valence-corrected chi connectivity index (χ0v) is 11.1. The monoisotopic (exact) mass is 289 g/mol. The molecule has 108 valence electrons. The van der Waals surface area contributed by atoms with Crippen LogP contribution in [0.1, 0.15) is 27.4 Å². The number of benzene rings is 1. The van der Waals surface area contributed by atoms with Gasteiger partial charge in [0.1, 0.15) is 30.0 Å². The maximum absolute atomic E-state index is 13.4. The van der Waals surface area contributed by atoms with E-state index in [0.717, 1.165) is 6.07 Å². The second kappa shape index (κ2) is 6.07. The van der Waals surface area contributed by atoms with Gasteiger partial charge < -0.3 is 9.15 Å². The van der Waals surface area contributed by atoms with E-state index in [0.29, 0.717) is 11.3 Å². The van der Waals surface area contributed by atoms with E-state index in [1.807, 2.05) is 5.43 Å². The van der Waals surface area contributed by atoms with Gasteiger partial charge in [-0.25, -0.2) is 10.2 Å². The molecule has 0 aliphatic carbocycles. The molecule has 0 unspecified atom stereocenters. The number of nitriles is 1. The van der Waals surface area contributed by atoms with Crippen LogP contribution >= 0.6 is 0 Å². The second-order valence-corrected chi connectivity index (χ2v) is 4.24. The maximum atomic E-state index is 13.4. The molecule has 0 fully saturated rings. The number of nitrogens with one attached hydrogen (secondary N) is 1. The fraction of sp³-hybridized carbons (Fsp3) is 0.143. The first-order valence-corrected chi connectivity index (χ1v) is 5.98. The number of nitrogens with two attached hydrogens (primary N) is 1. The summed E-state index contributed by atoms with van der Waals surface area (Å²) >= 11 is 0. The largest absolute Gasteiger partial charge is 0.486 e. The summed E-state index contributed by atoms with van der Waals surface area (Å²) in [5.41, 5.74) is 2.53. The lowest BCUT2D eigenvalue weighted by Gasteiger charge is -2.04. The highest BCUT2D eigenvalue weighted by Crippen LogP contribution is 2.19. The first kappa shape index (κ1) is 14.6. The number of amides is 1. The fourth-order valence-electron chi connectivity index (χ4n) is 1.74. The normalized spacial score (nSPS) is 10.0. The van der Waals surface area contributed by atoms with Crippen molar-refractivity contribution < 1.29 is 18.3 Å². The molecule has 0 aliphatic rings. The van der Waals surface area contributed by atoms with E-state index in [9.17, 15) is 9.18 Å². The summed E-state index contributed by atoms with van der Waals surface area (Å²) < 4.78 is 24.1. The van der Waals surface area contributed by atoms with Gasteiger partial charge in [0.05, 0.1) is 5.56 Å². The smallest absolute Gasteiger partial charge is 0.301 e. The average molecular weight is 289 g/mol. The second-order valence-electron chi connectivity index (χ2n) is 4.24. The third-order valence-corrected chi connectivity index (χ3v) is 2.75. The molecule has 1 amide bonds. The van der Waals surface area contributed by atoms with Crippen LogP contribution in [0.2, 0.25) is 0 Å². The van der Waals surface area contributed by atoms with E-state index in [1.54, 1.807) is 19.1 Å². The first-order valence-electron chi connectivity index (χ1n) is 5.98. The predicted molar refractivity (Wildman–Crippen MR) is 70.5 cm³/mol. The topological polar surface area (TPSA) is 101 Å². The minimum Gasteiger partial charge on any atom is -0.486 e. The summed E-state index contributed by atoms with van der Waals surface area (Å²) in [7, 11) is 0. The van der Waals surface area contributed by atoms with E-state index >= 15 is 0 Å². The van der Waals surface area contributed by atoms with Crippen molar-refractivity contribution in [1.82, 2.24) is 5.43 Å². The number of nitrogens with zero attached hydrogens (tertiary/aromatic N) is 1. The van der Waals surface area contributed by atoms with Gasteiger partial charge in [-0.1, -0.05) is 0 Å². The number of carbonyl (C=O) groups excluding carboxylic acids is 1. The first-order chi connectivity index (χ1) is 10.0. The van der Waals surface area contributed by atoms with Crippen molar-refractivity contribution in [1.29, 1.82) is 5.26 Å². The lowest BCUT2D eigenvalue weighted by atomic mass is 10.2. The maximum Gasteiger partial charge on any atom is 0.301 e. The molecule has 2 aromatic rings. The molecule has 0 atom stereocenters. The standard InChI is InChI=1S/C14H12FN3O3/c1-8-4-11(21-13(8)14(19)18-17)7-20-10-3-2-9(6-16)12(15)5-10/h2-5H,7,17H2,1H3,(H,18,19). The summed E-state index contributed by atoms with van der Waals surface area (Å²) in [6.07, 6.45) is 0.